The molecule has 0 bridgehead atoms. The Balaban J connectivity index is 1.45. The van der Waals surface area contributed by atoms with Crippen LogP contribution in [0.15, 0.2) is 151 Å². The molecule has 0 spiro atoms. The number of para-hydroxylation sites is 3. The van der Waals surface area contributed by atoms with Crippen LogP contribution in [0.3, 0.4) is 0 Å². The van der Waals surface area contributed by atoms with E-state index >= 15 is 0 Å². The van der Waals surface area contributed by atoms with Gasteiger partial charge in [0.1, 0.15) is 11.5 Å². The van der Waals surface area contributed by atoms with Crippen molar-refractivity contribution >= 4 is 71.4 Å². The molecule has 0 atom stereocenters. The zero-order valence-electron chi connectivity index (χ0n) is 26.8. The van der Waals surface area contributed by atoms with E-state index in [0.29, 0.717) is 0 Å². The normalized spacial score (nSPS) is 11.9. The molecule has 0 amide bonds. The molecular weight excluding hydrogens is 599 g/mol. The van der Waals surface area contributed by atoms with E-state index < -0.39 is 0 Å². The number of fused-ring (bicyclic) bond motifs is 10. The molecule has 7 aromatic carbocycles. The topological polar surface area (TPSA) is 43.9 Å². The van der Waals surface area contributed by atoms with Gasteiger partial charge in [0.15, 0.2) is 11.4 Å². The predicted octanol–water partition coefficient (Wildman–Crippen LogP) is 12.1. The van der Waals surface area contributed by atoms with Crippen LogP contribution in [0.2, 0.25) is 0 Å². The van der Waals surface area contributed by atoms with E-state index in [1.165, 1.54) is 5.39 Å². The number of aromatic nitrogens is 3. The van der Waals surface area contributed by atoms with Gasteiger partial charge in [-0.05, 0) is 57.8 Å². The van der Waals surface area contributed by atoms with Crippen molar-refractivity contribution in [3.05, 3.63) is 157 Å². The zero-order valence-corrected chi connectivity index (χ0v) is 26.8. The van der Waals surface area contributed by atoms with E-state index in [9.17, 15) is 0 Å². The first-order valence-corrected chi connectivity index (χ1v) is 16.6. The van der Waals surface area contributed by atoms with Crippen LogP contribution in [0.1, 0.15) is 11.3 Å². The molecule has 4 heteroatoms. The van der Waals surface area contributed by atoms with Crippen molar-refractivity contribution in [2.24, 2.45) is 0 Å². The lowest BCUT2D eigenvalue weighted by Gasteiger charge is -2.15. The molecule has 4 nitrogen and oxygen atoms in total. The number of aryl methyl sites for hydroxylation is 1. The minimum Gasteiger partial charge on any atom is -0.458 e. The van der Waals surface area contributed by atoms with E-state index in [1.807, 2.05) is 30.3 Å². The smallest absolute Gasteiger partial charge is 0.165 e. The summed E-state index contributed by atoms with van der Waals surface area (Å²) >= 11 is 0. The molecule has 230 valence electrons. The van der Waals surface area contributed by atoms with Crippen LogP contribution in [0.4, 0.5) is 0 Å². The Morgan fingerprint density at radius 3 is 2.02 bits per heavy atom. The molecule has 0 N–H and O–H groups in total. The molecule has 10 aromatic rings. The lowest BCUT2D eigenvalue weighted by molar-refractivity contribution is 0.582. The Kier molecular flexibility index (Phi) is 5.91. The molecule has 0 aliphatic carbocycles. The van der Waals surface area contributed by atoms with Crippen molar-refractivity contribution in [1.82, 2.24) is 14.5 Å². The first-order valence-electron chi connectivity index (χ1n) is 16.6. The second-order valence-electron chi connectivity index (χ2n) is 12.6. The summed E-state index contributed by atoms with van der Waals surface area (Å²) in [5, 5.41) is 7.95. The van der Waals surface area contributed by atoms with Gasteiger partial charge in [-0.15, -0.1) is 0 Å². The third-order valence-electron chi connectivity index (χ3n) is 9.90. The van der Waals surface area contributed by atoms with Crippen LogP contribution < -0.4 is 0 Å². The van der Waals surface area contributed by atoms with Crippen molar-refractivity contribution in [1.29, 1.82) is 0 Å². The summed E-state index contributed by atoms with van der Waals surface area (Å²) < 4.78 is 9.26. The average molecular weight is 628 g/mol. The summed E-state index contributed by atoms with van der Waals surface area (Å²) in [6, 6.07) is 48.7. The first kappa shape index (κ1) is 27.6. The minimum atomic E-state index is 0.764. The number of hydrogen-bond acceptors (Lipinski definition) is 3. The highest BCUT2D eigenvalue weighted by Crippen LogP contribution is 2.48. The maximum Gasteiger partial charge on any atom is 0.165 e. The van der Waals surface area contributed by atoms with E-state index in [0.717, 1.165) is 99.5 Å². The standard InChI is InChI=1S/C45H29N3O/c1-3-28-15-4-7-19-31(28)39-27(2)49-44-41(39)33-21-9-8-20-32(33)40-35-22-10-13-26-38(35)48(43(40)44)45-42(46-36-24-11-12-25-37(36)47-45)34-23-14-17-29-16-5-6-18-30(29)34/h3-26H,1H2,2H3. The summed E-state index contributed by atoms with van der Waals surface area (Å²) in [6.07, 6.45) is 1.92. The fraction of sp³-hybridized carbons (Fsp3) is 0.0222. The number of furan rings is 1. The van der Waals surface area contributed by atoms with Gasteiger partial charge in [0.05, 0.1) is 22.1 Å². The molecular formula is C45H29N3O. The molecule has 0 saturated heterocycles. The van der Waals surface area contributed by atoms with Crippen molar-refractivity contribution < 1.29 is 4.42 Å². The van der Waals surface area contributed by atoms with Crippen LogP contribution in [0, 0.1) is 6.92 Å². The summed E-state index contributed by atoms with van der Waals surface area (Å²) in [5.41, 5.74) is 9.64. The summed E-state index contributed by atoms with van der Waals surface area (Å²) in [4.78, 5) is 10.8. The van der Waals surface area contributed by atoms with Gasteiger partial charge in [0.25, 0.3) is 0 Å². The van der Waals surface area contributed by atoms with Crippen LogP contribution >= 0.6 is 0 Å². The highest BCUT2D eigenvalue weighted by molar-refractivity contribution is 6.33. The third kappa shape index (κ3) is 3.92. The lowest BCUT2D eigenvalue weighted by atomic mass is 9.93. The molecule has 0 radical (unpaired) electrons. The largest absolute Gasteiger partial charge is 0.458 e. The monoisotopic (exact) mass is 627 g/mol. The highest BCUT2D eigenvalue weighted by atomic mass is 16.3. The van der Waals surface area contributed by atoms with E-state index in [2.05, 4.69) is 133 Å². The van der Waals surface area contributed by atoms with Crippen molar-refractivity contribution in [2.75, 3.05) is 0 Å². The second kappa shape index (κ2) is 10.5. The Hall–Kier alpha value is -6.52. The van der Waals surface area contributed by atoms with Crippen molar-refractivity contribution in [3.8, 4) is 28.2 Å². The van der Waals surface area contributed by atoms with E-state index in [1.54, 1.807) is 0 Å². The number of nitrogens with zero attached hydrogens (tertiary/aromatic N) is 3. The lowest BCUT2D eigenvalue weighted by Crippen LogP contribution is -2.04. The molecule has 0 aliphatic heterocycles. The Morgan fingerprint density at radius 2 is 1.20 bits per heavy atom. The van der Waals surface area contributed by atoms with Gasteiger partial charge in [-0.25, -0.2) is 9.97 Å². The quantitative estimate of drug-likeness (QED) is 0.195. The summed E-state index contributed by atoms with van der Waals surface area (Å²) in [7, 11) is 0. The Labute approximate surface area is 282 Å². The van der Waals surface area contributed by atoms with Crippen LogP contribution in [-0.4, -0.2) is 14.5 Å². The summed E-state index contributed by atoms with van der Waals surface area (Å²) in [5.74, 6) is 1.62. The molecule has 0 aliphatic rings. The third-order valence-corrected chi connectivity index (χ3v) is 9.90. The Morgan fingerprint density at radius 1 is 0.592 bits per heavy atom. The highest BCUT2D eigenvalue weighted by Gasteiger charge is 2.27. The van der Waals surface area contributed by atoms with Gasteiger partial charge in [0.2, 0.25) is 0 Å². The first-order chi connectivity index (χ1) is 24.2. The van der Waals surface area contributed by atoms with Gasteiger partial charge in [-0.3, -0.25) is 4.57 Å². The van der Waals surface area contributed by atoms with E-state index in [-0.39, 0.29) is 0 Å². The number of hydrogen-bond donors (Lipinski definition) is 0. The van der Waals surface area contributed by atoms with Crippen molar-refractivity contribution in [3.63, 3.8) is 0 Å². The second-order valence-corrected chi connectivity index (χ2v) is 12.6. The number of benzene rings is 7. The predicted molar refractivity (Wildman–Crippen MR) is 204 cm³/mol. The van der Waals surface area contributed by atoms with E-state index in [4.69, 9.17) is 14.4 Å². The van der Waals surface area contributed by atoms with Crippen molar-refractivity contribution in [2.45, 2.75) is 6.92 Å². The molecule has 10 rings (SSSR count). The maximum absolute atomic E-state index is 6.97. The summed E-state index contributed by atoms with van der Waals surface area (Å²) in [6.45, 7) is 6.21. The molecule has 0 unspecified atom stereocenters. The van der Waals surface area contributed by atoms with Crippen LogP contribution in [0.25, 0.3) is 99.6 Å². The van der Waals surface area contributed by atoms with Gasteiger partial charge >= 0.3 is 0 Å². The minimum absolute atomic E-state index is 0.764. The van der Waals surface area contributed by atoms with Crippen LogP contribution in [0.5, 0.6) is 0 Å². The Bertz CT molecular complexity index is 2980. The molecule has 3 aromatic heterocycles. The molecule has 0 fully saturated rings. The number of rotatable bonds is 4. The maximum atomic E-state index is 6.97. The van der Waals surface area contributed by atoms with Gasteiger partial charge in [-0.1, -0.05) is 134 Å². The molecule has 0 saturated carbocycles. The molecule has 3 heterocycles. The molecule has 49 heavy (non-hydrogen) atoms. The fourth-order valence-corrected chi connectivity index (χ4v) is 7.82. The van der Waals surface area contributed by atoms with Gasteiger partial charge < -0.3 is 4.42 Å². The van der Waals surface area contributed by atoms with Crippen LogP contribution in [-0.2, 0) is 0 Å². The zero-order chi connectivity index (χ0) is 32.6. The van der Waals surface area contributed by atoms with Gasteiger partial charge in [-0.2, -0.15) is 0 Å². The SMILES string of the molecule is C=Cc1ccccc1-c1c(C)oc2c1c1ccccc1c1c3ccccc3n(-c3nc4ccccc4nc3-c3cccc4ccccc34)c21. The fourth-order valence-electron chi connectivity index (χ4n) is 7.82. The average Bonchev–Trinajstić information content (AvgIpc) is 3.69. The van der Waals surface area contributed by atoms with Gasteiger partial charge in [0, 0.05) is 27.3 Å².